The molecule has 3 heterocycles. The molecule has 4 aromatic rings. The molecule has 1 saturated heterocycles. The number of nitrogens with two attached hydrogens (primary N) is 1. The fourth-order valence-corrected chi connectivity index (χ4v) is 4.43. The summed E-state index contributed by atoms with van der Waals surface area (Å²) in [5.41, 5.74) is 9.63. The van der Waals surface area contributed by atoms with Crippen molar-refractivity contribution in [2.75, 3.05) is 36.8 Å². The summed E-state index contributed by atoms with van der Waals surface area (Å²) in [6.07, 6.45) is 0. The topological polar surface area (TPSA) is 76.1 Å². The normalized spacial score (nSPS) is 15.0. The molecule has 0 bridgehead atoms. The highest BCUT2D eigenvalue weighted by Gasteiger charge is 2.24. The molecule has 1 aliphatic rings. The number of hydrogen-bond acceptors (Lipinski definition) is 6. The maximum absolute atomic E-state index is 6.60. The van der Waals surface area contributed by atoms with E-state index >= 15 is 0 Å². The summed E-state index contributed by atoms with van der Waals surface area (Å²) in [7, 11) is 0. The number of nitrogens with zero attached hydrogens (tertiary/aromatic N) is 6. The van der Waals surface area contributed by atoms with Gasteiger partial charge in [-0.3, -0.25) is 4.90 Å². The summed E-state index contributed by atoms with van der Waals surface area (Å²) in [5, 5.41) is 6.79. The summed E-state index contributed by atoms with van der Waals surface area (Å²) >= 11 is 12.2. The van der Waals surface area contributed by atoms with Gasteiger partial charge in [-0.1, -0.05) is 35.3 Å². The summed E-state index contributed by atoms with van der Waals surface area (Å²) in [5.74, 6) is 1.14. The summed E-state index contributed by atoms with van der Waals surface area (Å²) in [4.78, 5) is 14.5. The molecule has 2 aromatic carbocycles. The maximum atomic E-state index is 6.60. The monoisotopic (exact) mass is 481 g/mol. The van der Waals surface area contributed by atoms with Gasteiger partial charge in [-0.15, -0.1) is 5.10 Å². The predicted octanol–water partition coefficient (Wildman–Crippen LogP) is 4.90. The van der Waals surface area contributed by atoms with Crippen LogP contribution in [0.3, 0.4) is 0 Å². The zero-order chi connectivity index (χ0) is 23.1. The molecule has 5 rings (SSSR count). The lowest BCUT2D eigenvalue weighted by atomic mass is 10.1. The van der Waals surface area contributed by atoms with E-state index in [2.05, 4.69) is 23.6 Å². The number of nitrogen functional groups attached to an aromatic ring is 1. The van der Waals surface area contributed by atoms with Gasteiger partial charge in [-0.2, -0.15) is 4.98 Å². The van der Waals surface area contributed by atoms with Gasteiger partial charge in [0.25, 0.3) is 0 Å². The summed E-state index contributed by atoms with van der Waals surface area (Å²) < 4.78 is 1.69. The van der Waals surface area contributed by atoms with Crippen LogP contribution in [-0.2, 0) is 0 Å². The number of hydrogen-bond donors (Lipinski definition) is 1. The second-order valence-corrected chi connectivity index (χ2v) is 9.34. The van der Waals surface area contributed by atoms with Crippen LogP contribution in [0.4, 0.5) is 11.8 Å². The van der Waals surface area contributed by atoms with E-state index in [1.54, 1.807) is 4.68 Å². The van der Waals surface area contributed by atoms with Gasteiger partial charge in [-0.25, -0.2) is 9.67 Å². The second kappa shape index (κ2) is 8.82. The van der Waals surface area contributed by atoms with Gasteiger partial charge in [-0.05, 0) is 50.2 Å². The minimum atomic E-state index is 0.480. The van der Waals surface area contributed by atoms with Crippen molar-refractivity contribution in [1.82, 2.24) is 24.6 Å². The highest BCUT2D eigenvalue weighted by molar-refractivity contribution is 6.30. The Hall–Kier alpha value is -2.87. The van der Waals surface area contributed by atoms with Crippen LogP contribution in [0.5, 0.6) is 0 Å². The molecule has 7 nitrogen and oxygen atoms in total. The van der Waals surface area contributed by atoms with Crippen molar-refractivity contribution in [3.05, 3.63) is 58.6 Å². The van der Waals surface area contributed by atoms with Gasteiger partial charge < -0.3 is 10.6 Å². The van der Waals surface area contributed by atoms with Crippen LogP contribution in [0.25, 0.3) is 28.0 Å². The molecule has 170 valence electrons. The zero-order valence-corrected chi connectivity index (χ0v) is 20.1. The van der Waals surface area contributed by atoms with Crippen molar-refractivity contribution >= 4 is 46.0 Å². The van der Waals surface area contributed by atoms with E-state index in [4.69, 9.17) is 44.0 Å². The van der Waals surface area contributed by atoms with Crippen LogP contribution in [0.2, 0.25) is 10.0 Å². The minimum Gasteiger partial charge on any atom is -0.383 e. The standard InChI is InChI=1S/C24H25Cl2N7/c1-15(2)31-11-13-32(14-12-31)24-28-21(16-3-5-17(25)6-4-16)20-22(27)33(30-23(20)29-24)19-9-7-18(26)8-10-19/h3-10,15H,11-14,27H2,1-2H3. The Morgan fingerprint density at radius 3 is 2.06 bits per heavy atom. The first kappa shape index (κ1) is 21.9. The van der Waals surface area contributed by atoms with Crippen LogP contribution >= 0.6 is 23.2 Å². The molecule has 0 amide bonds. The highest BCUT2D eigenvalue weighted by atomic mass is 35.5. The second-order valence-electron chi connectivity index (χ2n) is 8.47. The molecule has 9 heteroatoms. The molecule has 0 unspecified atom stereocenters. The van der Waals surface area contributed by atoms with Crippen molar-refractivity contribution in [2.24, 2.45) is 0 Å². The number of piperazine rings is 1. The Morgan fingerprint density at radius 1 is 0.848 bits per heavy atom. The molecule has 0 spiro atoms. The SMILES string of the molecule is CC(C)N1CCN(c2nc(-c3ccc(Cl)cc3)c3c(N)n(-c4ccc(Cl)cc4)nc3n2)CC1. The first-order chi connectivity index (χ1) is 15.9. The molecule has 0 radical (unpaired) electrons. The van der Waals surface area contributed by atoms with Gasteiger partial charge >= 0.3 is 0 Å². The van der Waals surface area contributed by atoms with Crippen LogP contribution in [0.15, 0.2) is 48.5 Å². The molecule has 0 atom stereocenters. The molecule has 2 N–H and O–H groups in total. The smallest absolute Gasteiger partial charge is 0.228 e. The molecule has 0 saturated carbocycles. The van der Waals surface area contributed by atoms with Crippen molar-refractivity contribution in [2.45, 2.75) is 19.9 Å². The van der Waals surface area contributed by atoms with Gasteiger partial charge in [0.1, 0.15) is 5.82 Å². The number of anilines is 2. The van der Waals surface area contributed by atoms with Gasteiger partial charge in [0.05, 0.1) is 16.8 Å². The third-order valence-corrected chi connectivity index (χ3v) is 6.58. The first-order valence-electron chi connectivity index (χ1n) is 11.0. The van der Waals surface area contributed by atoms with Crippen molar-refractivity contribution in [3.63, 3.8) is 0 Å². The molecular weight excluding hydrogens is 457 g/mol. The predicted molar refractivity (Wildman–Crippen MR) is 135 cm³/mol. The quantitative estimate of drug-likeness (QED) is 0.446. The van der Waals surface area contributed by atoms with Crippen LogP contribution < -0.4 is 10.6 Å². The Kier molecular flexibility index (Phi) is 5.86. The van der Waals surface area contributed by atoms with E-state index in [0.29, 0.717) is 33.5 Å². The van der Waals surface area contributed by atoms with E-state index in [1.807, 2.05) is 48.5 Å². The average molecular weight is 482 g/mol. The molecule has 33 heavy (non-hydrogen) atoms. The molecular formula is C24H25Cl2N7. The van der Waals surface area contributed by atoms with Gasteiger partial charge in [0, 0.05) is 47.8 Å². The molecule has 0 aliphatic carbocycles. The molecule has 1 fully saturated rings. The first-order valence-corrected chi connectivity index (χ1v) is 11.7. The fraction of sp³-hybridized carbons (Fsp3) is 0.292. The van der Waals surface area contributed by atoms with Crippen molar-refractivity contribution in [3.8, 4) is 16.9 Å². The lowest BCUT2D eigenvalue weighted by Crippen LogP contribution is -2.49. The largest absolute Gasteiger partial charge is 0.383 e. The maximum Gasteiger partial charge on any atom is 0.228 e. The van der Waals surface area contributed by atoms with E-state index < -0.39 is 0 Å². The number of rotatable bonds is 4. The summed E-state index contributed by atoms with van der Waals surface area (Å²) in [6.45, 7) is 8.10. The lowest BCUT2D eigenvalue weighted by molar-refractivity contribution is 0.208. The number of aromatic nitrogens is 4. The molecule has 1 aliphatic heterocycles. The van der Waals surface area contributed by atoms with Crippen LogP contribution in [-0.4, -0.2) is 56.9 Å². The number of fused-ring (bicyclic) bond motifs is 1. The zero-order valence-electron chi connectivity index (χ0n) is 18.5. The number of halogens is 2. The van der Waals surface area contributed by atoms with Crippen LogP contribution in [0, 0.1) is 0 Å². The van der Waals surface area contributed by atoms with E-state index in [9.17, 15) is 0 Å². The molecule has 2 aromatic heterocycles. The lowest BCUT2D eigenvalue weighted by Gasteiger charge is -2.36. The van der Waals surface area contributed by atoms with Gasteiger partial charge in [0.2, 0.25) is 5.95 Å². The Morgan fingerprint density at radius 2 is 1.45 bits per heavy atom. The highest BCUT2D eigenvalue weighted by Crippen LogP contribution is 2.34. The minimum absolute atomic E-state index is 0.480. The average Bonchev–Trinajstić information content (AvgIpc) is 3.16. The Balaban J connectivity index is 1.64. The Labute approximate surface area is 202 Å². The Bertz CT molecular complexity index is 1280. The third kappa shape index (κ3) is 4.24. The van der Waals surface area contributed by atoms with Crippen molar-refractivity contribution in [1.29, 1.82) is 0 Å². The summed E-state index contributed by atoms with van der Waals surface area (Å²) in [6, 6.07) is 15.5. The number of benzene rings is 2. The van der Waals surface area contributed by atoms with E-state index in [0.717, 1.165) is 48.5 Å². The van der Waals surface area contributed by atoms with Crippen molar-refractivity contribution < 1.29 is 0 Å². The van der Waals surface area contributed by atoms with E-state index in [-0.39, 0.29) is 0 Å². The fourth-order valence-electron chi connectivity index (χ4n) is 4.18. The van der Waals surface area contributed by atoms with E-state index in [1.165, 1.54) is 0 Å². The van der Waals surface area contributed by atoms with Gasteiger partial charge in [0.15, 0.2) is 5.65 Å². The third-order valence-electron chi connectivity index (χ3n) is 6.07. The van der Waals surface area contributed by atoms with Crippen LogP contribution in [0.1, 0.15) is 13.8 Å².